The van der Waals surface area contributed by atoms with Crippen molar-refractivity contribution in [2.45, 2.75) is 6.92 Å². The Morgan fingerprint density at radius 3 is 2.77 bits per heavy atom. The van der Waals surface area contributed by atoms with E-state index in [1.165, 1.54) is 6.20 Å². The fraction of sp³-hybridized carbons (Fsp3) is 0.350. The quantitative estimate of drug-likeness (QED) is 0.363. The second-order valence-corrected chi connectivity index (χ2v) is 8.47. The summed E-state index contributed by atoms with van der Waals surface area (Å²) in [7, 11) is 0. The number of amidine groups is 1. The lowest BCUT2D eigenvalue weighted by Crippen LogP contribution is -2.48. The highest BCUT2D eigenvalue weighted by Crippen LogP contribution is 2.27. The third-order valence-electron chi connectivity index (χ3n) is 4.85. The van der Waals surface area contributed by atoms with Crippen molar-refractivity contribution >= 4 is 45.5 Å². The zero-order valence-electron chi connectivity index (χ0n) is 17.2. The number of para-hydroxylation sites is 1. The number of thiazole rings is 1. The summed E-state index contributed by atoms with van der Waals surface area (Å²) >= 11 is 7.29. The number of nitrogens with zero attached hydrogens (tertiary/aromatic N) is 4. The number of amides is 1. The Kier molecular flexibility index (Phi) is 7.85. The molecule has 1 aliphatic rings. The zero-order valence-corrected chi connectivity index (χ0v) is 18.8. The monoisotopic (exact) mass is 463 g/mol. The topological polar surface area (TPSA) is 133 Å². The second kappa shape index (κ2) is 10.6. The van der Waals surface area contributed by atoms with Crippen molar-refractivity contribution < 1.29 is 9.90 Å². The molecule has 1 amide bonds. The molecule has 11 heteroatoms. The number of carbonyl (C=O) groups excluding carboxylic acids is 1. The maximum absolute atomic E-state index is 12.5. The molecule has 0 spiro atoms. The van der Waals surface area contributed by atoms with Gasteiger partial charge in [0.2, 0.25) is 5.13 Å². The average molecular weight is 464 g/mol. The van der Waals surface area contributed by atoms with E-state index in [0.29, 0.717) is 33.1 Å². The molecular formula is C20H26ClN7O2S. The van der Waals surface area contributed by atoms with Gasteiger partial charge in [-0.2, -0.15) is 0 Å². The summed E-state index contributed by atoms with van der Waals surface area (Å²) in [6.45, 7) is 5.82. The van der Waals surface area contributed by atoms with Gasteiger partial charge in [-0.3, -0.25) is 9.69 Å². The molecule has 1 aromatic heterocycles. The molecule has 3 rings (SSSR count). The van der Waals surface area contributed by atoms with Crippen molar-refractivity contribution in [3.63, 3.8) is 0 Å². The van der Waals surface area contributed by atoms with E-state index in [-0.39, 0.29) is 18.3 Å². The van der Waals surface area contributed by atoms with Gasteiger partial charge in [0.25, 0.3) is 5.91 Å². The van der Waals surface area contributed by atoms with Crippen LogP contribution in [0.3, 0.4) is 0 Å². The zero-order chi connectivity index (χ0) is 22.4. The van der Waals surface area contributed by atoms with E-state index in [4.69, 9.17) is 28.2 Å². The summed E-state index contributed by atoms with van der Waals surface area (Å²) in [5.74, 6) is 0.414. The summed E-state index contributed by atoms with van der Waals surface area (Å²) < 4.78 is 0. The Bertz CT molecular complexity index is 963. The average Bonchev–Trinajstić information content (AvgIpc) is 3.20. The number of hydrogen-bond donors (Lipinski definition) is 4. The lowest BCUT2D eigenvalue weighted by Gasteiger charge is -2.35. The molecule has 1 saturated heterocycles. The van der Waals surface area contributed by atoms with E-state index in [2.05, 4.69) is 20.2 Å². The molecule has 9 nitrogen and oxygen atoms in total. The first-order valence-electron chi connectivity index (χ1n) is 9.79. The lowest BCUT2D eigenvalue weighted by atomic mass is 10.2. The van der Waals surface area contributed by atoms with Crippen molar-refractivity contribution in [3.8, 4) is 0 Å². The van der Waals surface area contributed by atoms with Gasteiger partial charge in [-0.05, 0) is 18.6 Å². The normalized spacial score (nSPS) is 15.9. The Morgan fingerprint density at radius 2 is 2.10 bits per heavy atom. The highest BCUT2D eigenvalue weighted by molar-refractivity contribution is 7.17. The SMILES string of the molecule is Cc1cccc(Cl)c1NC(=O)c1cnc(N=C(N)C=C(N)N2CCN(CCO)CC2)s1. The van der Waals surface area contributed by atoms with Crippen LogP contribution >= 0.6 is 22.9 Å². The summed E-state index contributed by atoms with van der Waals surface area (Å²) in [5, 5.41) is 12.7. The summed E-state index contributed by atoms with van der Waals surface area (Å²) in [6.07, 6.45) is 3.04. The number of aliphatic hydroxyl groups excluding tert-OH is 1. The van der Waals surface area contributed by atoms with Gasteiger partial charge in [0.1, 0.15) is 16.5 Å². The van der Waals surface area contributed by atoms with Gasteiger partial charge in [-0.1, -0.05) is 35.1 Å². The summed E-state index contributed by atoms with van der Waals surface area (Å²) in [4.78, 5) is 25.5. The van der Waals surface area contributed by atoms with Crippen molar-refractivity contribution in [2.24, 2.45) is 16.5 Å². The predicted molar refractivity (Wildman–Crippen MR) is 125 cm³/mol. The molecule has 0 aliphatic carbocycles. The first-order valence-corrected chi connectivity index (χ1v) is 11.0. The van der Waals surface area contributed by atoms with Crippen LogP contribution in [0.5, 0.6) is 0 Å². The number of nitrogens with one attached hydrogen (secondary N) is 1. The van der Waals surface area contributed by atoms with Crippen LogP contribution in [0.2, 0.25) is 5.02 Å². The van der Waals surface area contributed by atoms with Gasteiger partial charge in [0, 0.05) is 38.8 Å². The smallest absolute Gasteiger partial charge is 0.267 e. The molecule has 2 heterocycles. The van der Waals surface area contributed by atoms with E-state index in [0.717, 1.165) is 43.1 Å². The number of β-amino-alcohol motifs (C(OH)–C–C–N with tert-alkyl or cyclic N) is 1. The molecule has 1 aromatic carbocycles. The van der Waals surface area contributed by atoms with E-state index in [9.17, 15) is 4.79 Å². The largest absolute Gasteiger partial charge is 0.395 e. The van der Waals surface area contributed by atoms with Crippen LogP contribution in [-0.4, -0.2) is 71.0 Å². The first kappa shape index (κ1) is 23.0. The highest BCUT2D eigenvalue weighted by Gasteiger charge is 2.17. The van der Waals surface area contributed by atoms with Gasteiger partial charge in [0.05, 0.1) is 23.5 Å². The molecular weight excluding hydrogens is 438 g/mol. The van der Waals surface area contributed by atoms with Crippen molar-refractivity contribution in [1.82, 2.24) is 14.8 Å². The standard InChI is InChI=1S/C20H26ClN7O2S/c1-13-3-2-4-14(21)18(13)26-19(30)15-12-24-20(31-15)25-16(22)11-17(23)28-7-5-27(6-8-28)9-10-29/h2-4,11-12,29H,5-10,23H2,1H3,(H,26,30)(H2,22,24,25). The number of rotatable bonds is 7. The van der Waals surface area contributed by atoms with Crippen LogP contribution in [-0.2, 0) is 0 Å². The lowest BCUT2D eigenvalue weighted by molar-refractivity contribution is 0.103. The number of aliphatic imine (C=N–C) groups is 1. The Balaban J connectivity index is 1.62. The van der Waals surface area contributed by atoms with Gasteiger partial charge in [0.15, 0.2) is 0 Å². The van der Waals surface area contributed by atoms with E-state index >= 15 is 0 Å². The Morgan fingerprint density at radius 1 is 1.35 bits per heavy atom. The fourth-order valence-electron chi connectivity index (χ4n) is 3.14. The molecule has 0 saturated carbocycles. The number of aliphatic hydroxyl groups is 1. The third kappa shape index (κ3) is 6.17. The van der Waals surface area contributed by atoms with E-state index in [1.54, 1.807) is 12.1 Å². The number of aromatic nitrogens is 1. The van der Waals surface area contributed by atoms with E-state index in [1.807, 2.05) is 24.0 Å². The van der Waals surface area contributed by atoms with Gasteiger partial charge in [-0.25, -0.2) is 9.98 Å². The number of aryl methyl sites for hydroxylation is 1. The van der Waals surface area contributed by atoms with Crippen LogP contribution in [0.4, 0.5) is 10.8 Å². The van der Waals surface area contributed by atoms with Crippen LogP contribution in [0, 0.1) is 6.92 Å². The molecule has 0 unspecified atom stereocenters. The summed E-state index contributed by atoms with van der Waals surface area (Å²) in [6, 6.07) is 5.41. The van der Waals surface area contributed by atoms with E-state index < -0.39 is 0 Å². The molecule has 166 valence electrons. The number of anilines is 1. The van der Waals surface area contributed by atoms with Gasteiger partial charge in [-0.15, -0.1) is 0 Å². The third-order valence-corrected chi connectivity index (χ3v) is 6.06. The number of nitrogens with two attached hydrogens (primary N) is 2. The number of piperazine rings is 1. The molecule has 1 fully saturated rings. The summed E-state index contributed by atoms with van der Waals surface area (Å²) in [5.41, 5.74) is 13.6. The molecule has 0 bridgehead atoms. The van der Waals surface area contributed by atoms with Crippen LogP contribution in [0.1, 0.15) is 15.2 Å². The van der Waals surface area contributed by atoms with Crippen LogP contribution in [0.25, 0.3) is 0 Å². The predicted octanol–water partition coefficient (Wildman–Crippen LogP) is 1.76. The molecule has 0 atom stereocenters. The van der Waals surface area contributed by atoms with Gasteiger partial charge >= 0.3 is 0 Å². The maximum atomic E-state index is 12.5. The fourth-order valence-corrected chi connectivity index (χ4v) is 4.11. The Hall–Kier alpha value is -2.66. The van der Waals surface area contributed by atoms with Crippen molar-refractivity contribution in [2.75, 3.05) is 44.6 Å². The highest BCUT2D eigenvalue weighted by atomic mass is 35.5. The minimum absolute atomic E-state index is 0.150. The first-order chi connectivity index (χ1) is 14.9. The maximum Gasteiger partial charge on any atom is 0.267 e. The van der Waals surface area contributed by atoms with Crippen LogP contribution < -0.4 is 16.8 Å². The number of carbonyl (C=O) groups is 1. The minimum atomic E-state index is -0.315. The number of hydrogen-bond acceptors (Lipinski definition) is 8. The molecule has 1 aliphatic heterocycles. The second-order valence-electron chi connectivity index (χ2n) is 7.05. The minimum Gasteiger partial charge on any atom is -0.395 e. The molecule has 0 radical (unpaired) electrons. The van der Waals surface area contributed by atoms with Gasteiger partial charge < -0.3 is 26.8 Å². The molecule has 31 heavy (non-hydrogen) atoms. The molecule has 2 aromatic rings. The number of benzene rings is 1. The molecule has 6 N–H and O–H groups in total. The van der Waals surface area contributed by atoms with Crippen LogP contribution in [0.15, 0.2) is 41.3 Å². The number of halogens is 1. The Labute approximate surface area is 190 Å². The van der Waals surface area contributed by atoms with Crippen molar-refractivity contribution in [3.05, 3.63) is 51.8 Å². The van der Waals surface area contributed by atoms with Crippen molar-refractivity contribution in [1.29, 1.82) is 0 Å².